The number of hydrogen-bond donors (Lipinski definition) is 1. The first-order valence-electron chi connectivity index (χ1n) is 7.72. The first kappa shape index (κ1) is 18.3. The quantitative estimate of drug-likeness (QED) is 0.724. The zero-order valence-corrected chi connectivity index (χ0v) is 15.4. The maximum absolute atomic E-state index is 9.92. The van der Waals surface area contributed by atoms with Crippen molar-refractivity contribution in [2.75, 3.05) is 13.7 Å². The van der Waals surface area contributed by atoms with Crippen molar-refractivity contribution in [2.45, 2.75) is 53.1 Å². The number of benzene rings is 1. The average molecular weight is 358 g/mol. The zero-order valence-electron chi connectivity index (χ0n) is 13.8. The lowest BCUT2D eigenvalue weighted by Gasteiger charge is -2.32. The van der Waals surface area contributed by atoms with Crippen molar-refractivity contribution < 1.29 is 9.84 Å². The third kappa shape index (κ3) is 5.19. The molecule has 0 saturated heterocycles. The largest absolute Gasteiger partial charge is 0.503 e. The fourth-order valence-electron chi connectivity index (χ4n) is 2.73. The smallest absolute Gasteiger partial charge is 0.172 e. The van der Waals surface area contributed by atoms with Gasteiger partial charge < -0.3 is 9.84 Å². The summed E-state index contributed by atoms with van der Waals surface area (Å²) in [5.74, 6) is 1.32. The lowest BCUT2D eigenvalue weighted by Crippen LogP contribution is -2.36. The van der Waals surface area contributed by atoms with E-state index in [0.717, 1.165) is 31.5 Å². The summed E-state index contributed by atoms with van der Waals surface area (Å²) in [5, 5.41) is 9.92. The Bertz CT molecular complexity index is 445. The van der Waals surface area contributed by atoms with Crippen LogP contribution < -0.4 is 4.74 Å². The fraction of sp³-hybridized carbons (Fsp3) is 0.647. The monoisotopic (exact) mass is 357 g/mol. The molecule has 120 valence electrons. The molecule has 0 aliphatic rings. The molecule has 0 aromatic heterocycles. The SMILES string of the molecule is CCC(CC)N(Cc1cc(Br)c(O)c(OC)c1)CC(C)C. The number of phenols is 1. The molecule has 0 aliphatic carbocycles. The topological polar surface area (TPSA) is 32.7 Å². The maximum atomic E-state index is 9.92. The van der Waals surface area contributed by atoms with Gasteiger partial charge in [0.05, 0.1) is 11.6 Å². The Hall–Kier alpha value is -0.740. The van der Waals surface area contributed by atoms with Crippen LogP contribution in [-0.2, 0) is 6.54 Å². The van der Waals surface area contributed by atoms with Crippen LogP contribution in [0.15, 0.2) is 16.6 Å². The molecule has 3 nitrogen and oxygen atoms in total. The third-order valence-electron chi connectivity index (χ3n) is 3.75. The summed E-state index contributed by atoms with van der Waals surface area (Å²) >= 11 is 3.40. The number of aromatic hydroxyl groups is 1. The van der Waals surface area contributed by atoms with Crippen LogP contribution in [0.3, 0.4) is 0 Å². The minimum atomic E-state index is 0.166. The second kappa shape index (κ2) is 8.64. The van der Waals surface area contributed by atoms with Gasteiger partial charge in [-0.3, -0.25) is 4.90 Å². The first-order valence-corrected chi connectivity index (χ1v) is 8.51. The van der Waals surface area contributed by atoms with E-state index in [1.54, 1.807) is 7.11 Å². The number of hydrogen-bond acceptors (Lipinski definition) is 3. The molecule has 0 fully saturated rings. The minimum absolute atomic E-state index is 0.166. The summed E-state index contributed by atoms with van der Waals surface area (Å²) in [5.41, 5.74) is 1.16. The summed E-state index contributed by atoms with van der Waals surface area (Å²) in [6, 6.07) is 4.49. The molecular weight excluding hydrogens is 330 g/mol. The average Bonchev–Trinajstić information content (AvgIpc) is 2.43. The summed E-state index contributed by atoms with van der Waals surface area (Å²) in [6.45, 7) is 10.9. The summed E-state index contributed by atoms with van der Waals surface area (Å²) in [6.07, 6.45) is 2.30. The molecule has 0 unspecified atom stereocenters. The molecule has 0 heterocycles. The van der Waals surface area contributed by atoms with Crippen LogP contribution in [0.25, 0.3) is 0 Å². The molecule has 1 rings (SSSR count). The lowest BCUT2D eigenvalue weighted by molar-refractivity contribution is 0.157. The molecule has 4 heteroatoms. The van der Waals surface area contributed by atoms with Gasteiger partial charge in [0.2, 0.25) is 0 Å². The van der Waals surface area contributed by atoms with Crippen molar-refractivity contribution in [1.82, 2.24) is 4.90 Å². The normalized spacial score (nSPS) is 11.7. The van der Waals surface area contributed by atoms with E-state index in [4.69, 9.17) is 4.74 Å². The predicted octanol–water partition coefficient (Wildman–Crippen LogP) is 4.81. The highest BCUT2D eigenvalue weighted by Crippen LogP contribution is 2.35. The van der Waals surface area contributed by atoms with Gasteiger partial charge in [0.25, 0.3) is 0 Å². The van der Waals surface area contributed by atoms with Gasteiger partial charge in [0.1, 0.15) is 0 Å². The highest BCUT2D eigenvalue weighted by Gasteiger charge is 2.18. The number of phenolic OH excluding ortho intramolecular Hbond substituents is 1. The second-order valence-electron chi connectivity index (χ2n) is 5.92. The van der Waals surface area contributed by atoms with Crippen LogP contribution in [0.5, 0.6) is 11.5 Å². The summed E-state index contributed by atoms with van der Waals surface area (Å²) in [7, 11) is 1.58. The van der Waals surface area contributed by atoms with E-state index < -0.39 is 0 Å². The number of methoxy groups -OCH3 is 1. The highest BCUT2D eigenvalue weighted by molar-refractivity contribution is 9.10. The lowest BCUT2D eigenvalue weighted by atomic mass is 10.1. The first-order chi connectivity index (χ1) is 9.92. The highest BCUT2D eigenvalue weighted by atomic mass is 79.9. The number of halogens is 1. The molecular formula is C17H28BrNO2. The standard InChI is InChI=1S/C17H28BrNO2/c1-6-14(7-2)19(10-12(3)4)11-13-8-15(18)17(20)16(9-13)21-5/h8-9,12,14,20H,6-7,10-11H2,1-5H3. The van der Waals surface area contributed by atoms with Gasteiger partial charge >= 0.3 is 0 Å². The molecule has 1 aromatic carbocycles. The number of nitrogens with zero attached hydrogens (tertiary/aromatic N) is 1. The Morgan fingerprint density at radius 3 is 2.33 bits per heavy atom. The van der Waals surface area contributed by atoms with Crippen molar-refractivity contribution in [3.63, 3.8) is 0 Å². The van der Waals surface area contributed by atoms with E-state index >= 15 is 0 Å². The number of rotatable bonds is 8. The molecule has 0 radical (unpaired) electrons. The van der Waals surface area contributed by atoms with Gasteiger partial charge in [-0.1, -0.05) is 27.7 Å². The summed E-state index contributed by atoms with van der Waals surface area (Å²) in [4.78, 5) is 2.53. The molecule has 0 spiro atoms. The summed E-state index contributed by atoms with van der Waals surface area (Å²) < 4.78 is 5.93. The Morgan fingerprint density at radius 1 is 1.24 bits per heavy atom. The van der Waals surface area contributed by atoms with Crippen molar-refractivity contribution >= 4 is 15.9 Å². The van der Waals surface area contributed by atoms with Crippen LogP contribution >= 0.6 is 15.9 Å². The molecule has 0 atom stereocenters. The molecule has 0 saturated carbocycles. The third-order valence-corrected chi connectivity index (χ3v) is 4.36. The molecule has 0 aliphatic heterocycles. The van der Waals surface area contributed by atoms with Crippen molar-refractivity contribution in [3.05, 3.63) is 22.2 Å². The van der Waals surface area contributed by atoms with Gasteiger partial charge in [-0.05, 0) is 52.4 Å². The number of ether oxygens (including phenoxy) is 1. The van der Waals surface area contributed by atoms with E-state index in [9.17, 15) is 5.11 Å². The van der Waals surface area contributed by atoms with Gasteiger partial charge in [-0.15, -0.1) is 0 Å². The van der Waals surface area contributed by atoms with Gasteiger partial charge in [0.15, 0.2) is 11.5 Å². The molecule has 1 aromatic rings. The molecule has 21 heavy (non-hydrogen) atoms. The van der Waals surface area contributed by atoms with Crippen molar-refractivity contribution in [2.24, 2.45) is 5.92 Å². The van der Waals surface area contributed by atoms with E-state index in [2.05, 4.69) is 48.5 Å². The van der Waals surface area contributed by atoms with Crippen LogP contribution in [0, 0.1) is 5.92 Å². The van der Waals surface area contributed by atoms with E-state index in [1.807, 2.05) is 12.1 Å². The molecule has 1 N–H and O–H groups in total. The second-order valence-corrected chi connectivity index (χ2v) is 6.78. The maximum Gasteiger partial charge on any atom is 0.172 e. The Balaban J connectivity index is 2.99. The minimum Gasteiger partial charge on any atom is -0.503 e. The van der Waals surface area contributed by atoms with Gasteiger partial charge in [-0.25, -0.2) is 0 Å². The van der Waals surface area contributed by atoms with Crippen LogP contribution in [-0.4, -0.2) is 29.7 Å². The van der Waals surface area contributed by atoms with E-state index in [-0.39, 0.29) is 5.75 Å². The van der Waals surface area contributed by atoms with Gasteiger partial charge in [-0.2, -0.15) is 0 Å². The van der Waals surface area contributed by atoms with Gasteiger partial charge in [0, 0.05) is 19.1 Å². The van der Waals surface area contributed by atoms with E-state index in [1.165, 1.54) is 0 Å². The Morgan fingerprint density at radius 2 is 1.86 bits per heavy atom. The zero-order chi connectivity index (χ0) is 16.0. The van der Waals surface area contributed by atoms with Crippen molar-refractivity contribution in [3.8, 4) is 11.5 Å². The van der Waals surface area contributed by atoms with Crippen LogP contribution in [0.2, 0.25) is 0 Å². The molecule has 0 bridgehead atoms. The Labute approximate surface area is 137 Å². The van der Waals surface area contributed by atoms with Crippen molar-refractivity contribution in [1.29, 1.82) is 0 Å². The van der Waals surface area contributed by atoms with E-state index in [0.29, 0.717) is 22.2 Å². The van der Waals surface area contributed by atoms with Crippen LogP contribution in [0.1, 0.15) is 46.1 Å². The fourth-order valence-corrected chi connectivity index (χ4v) is 3.21. The predicted molar refractivity (Wildman–Crippen MR) is 92.0 cm³/mol. The molecule has 0 amide bonds. The van der Waals surface area contributed by atoms with Crippen LogP contribution in [0.4, 0.5) is 0 Å². The Kier molecular flexibility index (Phi) is 7.53.